The van der Waals surface area contributed by atoms with Crippen LogP contribution in [0.4, 0.5) is 0 Å². The first-order chi connectivity index (χ1) is 8.19. The van der Waals surface area contributed by atoms with E-state index in [1.54, 1.807) is 0 Å². The molecule has 0 bridgehead atoms. The SMILES string of the molecule is CC.CCN(C)C1CCN(C(=O)CC#N)CC1. The molecule has 0 aromatic heterocycles. The molecule has 0 aliphatic carbocycles. The number of nitrogens with zero attached hydrogens (tertiary/aromatic N) is 3. The molecule has 0 aromatic carbocycles. The predicted octanol–water partition coefficient (Wildman–Crippen LogP) is 1.87. The van der Waals surface area contributed by atoms with Crippen LogP contribution in [0.3, 0.4) is 0 Å². The highest BCUT2D eigenvalue weighted by Gasteiger charge is 2.24. The molecule has 0 saturated carbocycles. The normalized spacial score (nSPS) is 16.1. The van der Waals surface area contributed by atoms with Crippen molar-refractivity contribution in [3.05, 3.63) is 0 Å². The van der Waals surface area contributed by atoms with Crippen LogP contribution >= 0.6 is 0 Å². The summed E-state index contributed by atoms with van der Waals surface area (Å²) in [4.78, 5) is 15.6. The van der Waals surface area contributed by atoms with Crippen LogP contribution in [0.2, 0.25) is 0 Å². The van der Waals surface area contributed by atoms with Crippen molar-refractivity contribution in [1.29, 1.82) is 5.26 Å². The number of hydrogen-bond donors (Lipinski definition) is 0. The van der Waals surface area contributed by atoms with Gasteiger partial charge in [-0.05, 0) is 26.4 Å². The van der Waals surface area contributed by atoms with Gasteiger partial charge in [0.15, 0.2) is 0 Å². The molecule has 1 saturated heterocycles. The second-order valence-electron chi connectivity index (χ2n) is 4.02. The lowest BCUT2D eigenvalue weighted by Crippen LogP contribution is -2.45. The molecule has 0 N–H and O–H groups in total. The van der Waals surface area contributed by atoms with Crippen molar-refractivity contribution in [2.75, 3.05) is 26.7 Å². The summed E-state index contributed by atoms with van der Waals surface area (Å²) in [5.41, 5.74) is 0. The first kappa shape index (κ1) is 15.9. The third kappa shape index (κ3) is 5.18. The van der Waals surface area contributed by atoms with E-state index in [4.69, 9.17) is 5.26 Å². The molecule has 1 aliphatic rings. The summed E-state index contributed by atoms with van der Waals surface area (Å²) in [7, 11) is 2.12. The Balaban J connectivity index is 0.00000121. The first-order valence-electron chi connectivity index (χ1n) is 6.54. The highest BCUT2D eigenvalue weighted by Crippen LogP contribution is 2.15. The monoisotopic (exact) mass is 239 g/mol. The van der Waals surface area contributed by atoms with Gasteiger partial charge in [0.1, 0.15) is 6.42 Å². The Bertz CT molecular complexity index is 252. The van der Waals surface area contributed by atoms with E-state index in [1.807, 2.05) is 24.8 Å². The highest BCUT2D eigenvalue weighted by atomic mass is 16.2. The topological polar surface area (TPSA) is 47.3 Å². The molecule has 0 radical (unpaired) electrons. The van der Waals surface area contributed by atoms with Crippen LogP contribution in [0.15, 0.2) is 0 Å². The molecular weight excluding hydrogens is 214 g/mol. The number of hydrogen-bond acceptors (Lipinski definition) is 3. The molecule has 4 heteroatoms. The van der Waals surface area contributed by atoms with Crippen molar-refractivity contribution in [2.24, 2.45) is 0 Å². The van der Waals surface area contributed by atoms with Crippen LogP contribution in [-0.2, 0) is 4.79 Å². The van der Waals surface area contributed by atoms with Crippen molar-refractivity contribution in [3.63, 3.8) is 0 Å². The summed E-state index contributed by atoms with van der Waals surface area (Å²) in [5.74, 6) is -0.0184. The van der Waals surface area contributed by atoms with Gasteiger partial charge in [0, 0.05) is 19.1 Å². The molecule has 1 amide bonds. The van der Waals surface area contributed by atoms with Gasteiger partial charge in [-0.25, -0.2) is 0 Å². The van der Waals surface area contributed by atoms with Gasteiger partial charge in [0.25, 0.3) is 0 Å². The molecule has 1 aliphatic heterocycles. The number of piperidine rings is 1. The molecule has 0 aromatic rings. The lowest BCUT2D eigenvalue weighted by atomic mass is 10.0. The Morgan fingerprint density at radius 1 is 1.41 bits per heavy atom. The minimum Gasteiger partial charge on any atom is -0.342 e. The van der Waals surface area contributed by atoms with Gasteiger partial charge in [-0.3, -0.25) is 4.79 Å². The maximum atomic E-state index is 11.4. The zero-order chi connectivity index (χ0) is 13.3. The molecule has 1 fully saturated rings. The zero-order valence-electron chi connectivity index (χ0n) is 11.6. The molecule has 17 heavy (non-hydrogen) atoms. The number of carbonyl (C=O) groups is 1. The fourth-order valence-corrected chi connectivity index (χ4v) is 1.99. The minimum atomic E-state index is -0.0184. The maximum Gasteiger partial charge on any atom is 0.236 e. The van der Waals surface area contributed by atoms with E-state index in [0.717, 1.165) is 32.5 Å². The summed E-state index contributed by atoms with van der Waals surface area (Å²) in [5, 5.41) is 8.44. The highest BCUT2D eigenvalue weighted by molar-refractivity contribution is 5.78. The fraction of sp³-hybridized carbons (Fsp3) is 0.846. The number of amides is 1. The quantitative estimate of drug-likeness (QED) is 0.755. The molecule has 0 atom stereocenters. The van der Waals surface area contributed by atoms with Gasteiger partial charge in [-0.15, -0.1) is 0 Å². The molecule has 0 unspecified atom stereocenters. The van der Waals surface area contributed by atoms with Crippen LogP contribution in [-0.4, -0.2) is 48.4 Å². The van der Waals surface area contributed by atoms with Crippen LogP contribution in [0.1, 0.15) is 40.0 Å². The van der Waals surface area contributed by atoms with Crippen molar-refractivity contribution in [1.82, 2.24) is 9.80 Å². The predicted molar refractivity (Wildman–Crippen MR) is 69.5 cm³/mol. The van der Waals surface area contributed by atoms with Gasteiger partial charge < -0.3 is 9.80 Å². The largest absolute Gasteiger partial charge is 0.342 e. The van der Waals surface area contributed by atoms with Crippen molar-refractivity contribution >= 4 is 5.91 Å². The Morgan fingerprint density at radius 3 is 2.35 bits per heavy atom. The molecule has 0 spiro atoms. The van der Waals surface area contributed by atoms with Gasteiger partial charge in [-0.2, -0.15) is 5.26 Å². The van der Waals surface area contributed by atoms with Crippen LogP contribution < -0.4 is 0 Å². The van der Waals surface area contributed by atoms with E-state index in [0.29, 0.717) is 6.04 Å². The molecular formula is C13H25N3O. The van der Waals surface area contributed by atoms with Crippen molar-refractivity contribution < 1.29 is 4.79 Å². The molecule has 1 rings (SSSR count). The maximum absolute atomic E-state index is 11.4. The Kier molecular flexibility index (Phi) is 8.43. The summed E-state index contributed by atoms with van der Waals surface area (Å²) in [6.45, 7) is 8.80. The van der Waals surface area contributed by atoms with E-state index in [2.05, 4.69) is 18.9 Å². The van der Waals surface area contributed by atoms with E-state index in [-0.39, 0.29) is 12.3 Å². The van der Waals surface area contributed by atoms with E-state index in [9.17, 15) is 4.79 Å². The van der Waals surface area contributed by atoms with E-state index >= 15 is 0 Å². The number of rotatable bonds is 3. The summed E-state index contributed by atoms with van der Waals surface area (Å²) in [6, 6.07) is 2.51. The number of nitriles is 1. The summed E-state index contributed by atoms with van der Waals surface area (Å²) < 4.78 is 0. The standard InChI is InChI=1S/C11H19N3O.C2H6/c1-3-13(2)10-5-8-14(9-6-10)11(15)4-7-12;1-2/h10H,3-6,8-9H2,1-2H3;1-2H3. The Morgan fingerprint density at radius 2 is 1.94 bits per heavy atom. The second kappa shape index (κ2) is 9.00. The van der Waals surface area contributed by atoms with Gasteiger partial charge in [-0.1, -0.05) is 20.8 Å². The lowest BCUT2D eigenvalue weighted by molar-refractivity contribution is -0.131. The smallest absolute Gasteiger partial charge is 0.236 e. The van der Waals surface area contributed by atoms with Gasteiger partial charge >= 0.3 is 0 Å². The van der Waals surface area contributed by atoms with E-state index < -0.39 is 0 Å². The van der Waals surface area contributed by atoms with Gasteiger partial charge in [0.2, 0.25) is 5.91 Å². The molecule has 98 valence electrons. The average molecular weight is 239 g/mol. The Hall–Kier alpha value is -1.08. The van der Waals surface area contributed by atoms with Crippen LogP contribution in [0, 0.1) is 11.3 Å². The summed E-state index contributed by atoms with van der Waals surface area (Å²) in [6.07, 6.45) is 2.08. The molecule has 4 nitrogen and oxygen atoms in total. The lowest BCUT2D eigenvalue weighted by Gasteiger charge is -2.36. The Labute approximate surface area is 105 Å². The van der Waals surface area contributed by atoms with Gasteiger partial charge in [0.05, 0.1) is 6.07 Å². The number of likely N-dealkylation sites (tertiary alicyclic amines) is 1. The van der Waals surface area contributed by atoms with Crippen molar-refractivity contribution in [3.8, 4) is 6.07 Å². The van der Waals surface area contributed by atoms with E-state index in [1.165, 1.54) is 0 Å². The summed E-state index contributed by atoms with van der Waals surface area (Å²) >= 11 is 0. The van der Waals surface area contributed by atoms with Crippen LogP contribution in [0.25, 0.3) is 0 Å². The second-order valence-corrected chi connectivity index (χ2v) is 4.02. The van der Waals surface area contributed by atoms with Crippen LogP contribution in [0.5, 0.6) is 0 Å². The van der Waals surface area contributed by atoms with Crippen molar-refractivity contribution in [2.45, 2.75) is 46.1 Å². The fourth-order valence-electron chi connectivity index (χ4n) is 1.99. The average Bonchev–Trinajstić information content (AvgIpc) is 2.40. The first-order valence-corrected chi connectivity index (χ1v) is 6.54. The number of carbonyl (C=O) groups excluding carboxylic acids is 1. The third-order valence-electron chi connectivity index (χ3n) is 3.17. The molecule has 1 heterocycles. The third-order valence-corrected chi connectivity index (χ3v) is 3.17. The zero-order valence-corrected chi connectivity index (χ0v) is 11.6. The minimum absolute atomic E-state index is 0.0184.